The Kier molecular flexibility index (Phi) is 5.84. The SMILES string of the molecule is Cc1c(-c2ccccc2)oc2c(C(=O)NC[C@H](c3ccco3)N3CCCC3)cccc2c1=O. The van der Waals surface area contributed by atoms with Gasteiger partial charge < -0.3 is 14.2 Å². The highest BCUT2D eigenvalue weighted by atomic mass is 16.3. The van der Waals surface area contributed by atoms with E-state index in [0.29, 0.717) is 34.4 Å². The topological polar surface area (TPSA) is 75.7 Å². The van der Waals surface area contributed by atoms with E-state index in [0.717, 1.165) is 37.3 Å². The first-order chi connectivity index (χ1) is 16.1. The first-order valence-corrected chi connectivity index (χ1v) is 11.3. The normalized spacial score (nSPS) is 15.1. The Morgan fingerprint density at radius 3 is 2.55 bits per heavy atom. The second-order valence-electron chi connectivity index (χ2n) is 8.42. The minimum atomic E-state index is -0.276. The van der Waals surface area contributed by atoms with E-state index in [1.54, 1.807) is 31.4 Å². The van der Waals surface area contributed by atoms with Gasteiger partial charge in [-0.2, -0.15) is 0 Å². The van der Waals surface area contributed by atoms with Crippen molar-refractivity contribution in [1.29, 1.82) is 0 Å². The number of amides is 1. The molecule has 0 unspecified atom stereocenters. The summed E-state index contributed by atoms with van der Waals surface area (Å²) in [4.78, 5) is 28.7. The summed E-state index contributed by atoms with van der Waals surface area (Å²) >= 11 is 0. The smallest absolute Gasteiger partial charge is 0.255 e. The lowest BCUT2D eigenvalue weighted by molar-refractivity contribution is 0.0934. The van der Waals surface area contributed by atoms with Crippen LogP contribution in [0, 0.1) is 6.92 Å². The van der Waals surface area contributed by atoms with Gasteiger partial charge in [-0.3, -0.25) is 14.5 Å². The third-order valence-corrected chi connectivity index (χ3v) is 6.33. The zero-order valence-corrected chi connectivity index (χ0v) is 18.5. The first kappa shape index (κ1) is 21.2. The van der Waals surface area contributed by atoms with E-state index in [1.807, 2.05) is 42.5 Å². The number of hydrogen-bond donors (Lipinski definition) is 1. The maximum atomic E-state index is 13.3. The maximum absolute atomic E-state index is 13.3. The zero-order valence-electron chi connectivity index (χ0n) is 18.5. The number of fused-ring (bicyclic) bond motifs is 1. The molecule has 0 saturated carbocycles. The van der Waals surface area contributed by atoms with Crippen LogP contribution in [0.4, 0.5) is 0 Å². The van der Waals surface area contributed by atoms with Crippen molar-refractivity contribution in [2.24, 2.45) is 0 Å². The molecule has 1 atom stereocenters. The number of nitrogens with zero attached hydrogens (tertiary/aromatic N) is 1. The molecule has 1 N–H and O–H groups in total. The highest BCUT2D eigenvalue weighted by molar-refractivity contribution is 6.05. The number of likely N-dealkylation sites (tertiary alicyclic amines) is 1. The van der Waals surface area contributed by atoms with Gasteiger partial charge in [0.15, 0.2) is 11.0 Å². The van der Waals surface area contributed by atoms with Crippen molar-refractivity contribution < 1.29 is 13.6 Å². The van der Waals surface area contributed by atoms with Crippen LogP contribution in [0.25, 0.3) is 22.3 Å². The number of rotatable bonds is 6. The lowest BCUT2D eigenvalue weighted by Crippen LogP contribution is -2.36. The number of benzene rings is 2. The van der Waals surface area contributed by atoms with Crippen LogP contribution < -0.4 is 10.7 Å². The second kappa shape index (κ2) is 9.08. The predicted octanol–water partition coefficient (Wildman–Crippen LogP) is 4.93. The maximum Gasteiger partial charge on any atom is 0.255 e. The van der Waals surface area contributed by atoms with Gasteiger partial charge in [-0.25, -0.2) is 0 Å². The van der Waals surface area contributed by atoms with E-state index < -0.39 is 0 Å². The number of nitrogens with one attached hydrogen (secondary N) is 1. The van der Waals surface area contributed by atoms with Gasteiger partial charge in [0.25, 0.3) is 5.91 Å². The molecule has 6 heteroatoms. The molecule has 0 spiro atoms. The molecule has 3 heterocycles. The van der Waals surface area contributed by atoms with Gasteiger partial charge in [0.1, 0.15) is 11.5 Å². The fourth-order valence-electron chi connectivity index (χ4n) is 4.58. The Hall–Kier alpha value is -3.64. The Morgan fingerprint density at radius 2 is 1.82 bits per heavy atom. The Labute approximate surface area is 191 Å². The lowest BCUT2D eigenvalue weighted by atomic mass is 10.0. The molecular weight excluding hydrogens is 416 g/mol. The average Bonchev–Trinajstić information content (AvgIpc) is 3.57. The third-order valence-electron chi connectivity index (χ3n) is 6.33. The number of hydrogen-bond acceptors (Lipinski definition) is 5. The standard InChI is InChI=1S/C27H26N2O4/c1-18-24(30)20-11-7-12-21(26(20)33-25(18)19-9-3-2-4-10-19)27(31)28-17-22(23-13-8-16-32-23)29-14-5-6-15-29/h2-4,7-13,16,22H,5-6,14-15,17H2,1H3,(H,28,31)/t22-/m1/s1. The molecule has 5 rings (SSSR count). The summed E-state index contributed by atoms with van der Waals surface area (Å²) in [5.41, 5.74) is 1.85. The molecule has 6 nitrogen and oxygen atoms in total. The zero-order chi connectivity index (χ0) is 22.8. The van der Waals surface area contributed by atoms with E-state index in [2.05, 4.69) is 10.2 Å². The van der Waals surface area contributed by atoms with Crippen LogP contribution in [-0.2, 0) is 0 Å². The van der Waals surface area contributed by atoms with Gasteiger partial charge in [0.2, 0.25) is 0 Å². The number of carbonyl (C=O) groups is 1. The predicted molar refractivity (Wildman–Crippen MR) is 127 cm³/mol. The van der Waals surface area contributed by atoms with Crippen molar-refractivity contribution in [2.75, 3.05) is 19.6 Å². The fraction of sp³-hybridized carbons (Fsp3) is 0.259. The first-order valence-electron chi connectivity index (χ1n) is 11.3. The monoisotopic (exact) mass is 442 g/mol. The molecule has 0 bridgehead atoms. The molecule has 0 radical (unpaired) electrons. The molecule has 1 aliphatic heterocycles. The van der Waals surface area contributed by atoms with Crippen LogP contribution in [-0.4, -0.2) is 30.4 Å². The molecule has 2 aromatic carbocycles. The summed E-state index contributed by atoms with van der Waals surface area (Å²) in [5, 5.41) is 3.45. The highest BCUT2D eigenvalue weighted by Gasteiger charge is 2.27. The Bertz CT molecular complexity index is 1320. The van der Waals surface area contributed by atoms with Crippen molar-refractivity contribution in [2.45, 2.75) is 25.8 Å². The van der Waals surface area contributed by atoms with E-state index in [4.69, 9.17) is 8.83 Å². The summed E-state index contributed by atoms with van der Waals surface area (Å²) in [6.45, 7) is 4.11. The molecule has 4 aromatic rings. The molecular formula is C27H26N2O4. The van der Waals surface area contributed by atoms with Crippen molar-refractivity contribution in [1.82, 2.24) is 10.2 Å². The number of para-hydroxylation sites is 1. The van der Waals surface area contributed by atoms with Gasteiger partial charge in [-0.1, -0.05) is 36.4 Å². The van der Waals surface area contributed by atoms with Crippen molar-refractivity contribution >= 4 is 16.9 Å². The van der Waals surface area contributed by atoms with Gasteiger partial charge in [0.05, 0.1) is 23.3 Å². The summed E-state index contributed by atoms with van der Waals surface area (Å²) in [5.74, 6) is 1.05. The molecule has 2 aromatic heterocycles. The van der Waals surface area contributed by atoms with Gasteiger partial charge in [-0.05, 0) is 57.1 Å². The minimum absolute atomic E-state index is 0.0319. The Balaban J connectivity index is 1.48. The van der Waals surface area contributed by atoms with E-state index >= 15 is 0 Å². The van der Waals surface area contributed by atoms with Gasteiger partial charge in [0, 0.05) is 17.7 Å². The lowest BCUT2D eigenvalue weighted by Gasteiger charge is -2.26. The van der Waals surface area contributed by atoms with Crippen LogP contribution >= 0.6 is 0 Å². The highest BCUT2D eigenvalue weighted by Crippen LogP contribution is 2.28. The average molecular weight is 443 g/mol. The molecule has 33 heavy (non-hydrogen) atoms. The van der Waals surface area contributed by atoms with Gasteiger partial charge >= 0.3 is 0 Å². The van der Waals surface area contributed by atoms with E-state index in [1.165, 1.54) is 0 Å². The second-order valence-corrected chi connectivity index (χ2v) is 8.42. The fourth-order valence-corrected chi connectivity index (χ4v) is 4.58. The molecule has 168 valence electrons. The van der Waals surface area contributed by atoms with Crippen LogP contribution in [0.15, 0.2) is 80.6 Å². The number of furan rings is 1. The molecule has 1 saturated heterocycles. The quantitative estimate of drug-likeness (QED) is 0.458. The summed E-state index contributed by atoms with van der Waals surface area (Å²) in [6, 6.07) is 18.4. The Morgan fingerprint density at radius 1 is 1.03 bits per heavy atom. The summed E-state index contributed by atoms with van der Waals surface area (Å²) in [7, 11) is 0. The van der Waals surface area contributed by atoms with Crippen LogP contribution in [0.2, 0.25) is 0 Å². The molecule has 1 fully saturated rings. The van der Waals surface area contributed by atoms with Crippen molar-refractivity contribution in [3.05, 3.63) is 94.0 Å². The molecule has 1 aliphatic rings. The van der Waals surface area contributed by atoms with Crippen LogP contribution in [0.5, 0.6) is 0 Å². The van der Waals surface area contributed by atoms with Crippen molar-refractivity contribution in [3.63, 3.8) is 0 Å². The summed E-state index contributed by atoms with van der Waals surface area (Å²) in [6.07, 6.45) is 3.94. The molecule has 1 amide bonds. The number of carbonyl (C=O) groups excluding carboxylic acids is 1. The molecule has 0 aliphatic carbocycles. The van der Waals surface area contributed by atoms with Crippen molar-refractivity contribution in [3.8, 4) is 11.3 Å². The van der Waals surface area contributed by atoms with E-state index in [-0.39, 0.29) is 17.4 Å². The van der Waals surface area contributed by atoms with E-state index in [9.17, 15) is 9.59 Å². The summed E-state index contributed by atoms with van der Waals surface area (Å²) < 4.78 is 11.9. The van der Waals surface area contributed by atoms with Crippen LogP contribution in [0.1, 0.15) is 40.6 Å². The van der Waals surface area contributed by atoms with Gasteiger partial charge in [-0.15, -0.1) is 0 Å². The largest absolute Gasteiger partial charge is 0.468 e. The van der Waals surface area contributed by atoms with Crippen LogP contribution in [0.3, 0.4) is 0 Å². The third kappa shape index (κ3) is 4.10. The minimum Gasteiger partial charge on any atom is -0.468 e.